The van der Waals surface area contributed by atoms with E-state index in [0.29, 0.717) is 55.4 Å². The molecule has 1 atom stereocenters. The van der Waals surface area contributed by atoms with Gasteiger partial charge in [0.05, 0.1) is 41.5 Å². The summed E-state index contributed by atoms with van der Waals surface area (Å²) in [5.41, 5.74) is 2.96. The van der Waals surface area contributed by atoms with Crippen LogP contribution in [0, 0.1) is 11.3 Å². The quantitative estimate of drug-likeness (QED) is 0.259. The van der Waals surface area contributed by atoms with E-state index >= 15 is 0 Å². The van der Waals surface area contributed by atoms with Crippen LogP contribution in [0.2, 0.25) is 0 Å². The Hall–Kier alpha value is -5.05. The van der Waals surface area contributed by atoms with Gasteiger partial charge in [-0.2, -0.15) is 5.26 Å². The first-order valence-corrected chi connectivity index (χ1v) is 16.3. The Morgan fingerprint density at radius 1 is 0.889 bits per heavy atom. The number of pyridine rings is 3. The maximum atomic E-state index is 14.8. The third-order valence-corrected chi connectivity index (χ3v) is 10.5. The summed E-state index contributed by atoms with van der Waals surface area (Å²) in [4.78, 5) is 18.0. The Balaban J connectivity index is 1.42. The Labute approximate surface area is 262 Å². The molecular formula is C34H31N7O3S. The minimum Gasteiger partial charge on any atom is -0.478 e. The average Bonchev–Trinajstić information content (AvgIpc) is 3.45. The van der Waals surface area contributed by atoms with Gasteiger partial charge in [0.25, 0.3) is 10.0 Å². The summed E-state index contributed by atoms with van der Waals surface area (Å²) in [7, 11) is -4.11. The number of benzene rings is 2. The normalized spacial score (nSPS) is 18.5. The van der Waals surface area contributed by atoms with Gasteiger partial charge in [-0.05, 0) is 61.5 Å². The Bertz CT molecular complexity index is 2020. The molecule has 0 radical (unpaired) electrons. The molecule has 5 heterocycles. The molecule has 11 heteroatoms. The van der Waals surface area contributed by atoms with Crippen molar-refractivity contribution in [3.63, 3.8) is 0 Å². The number of hydrogen-bond acceptors (Lipinski definition) is 9. The number of piperazine rings is 1. The van der Waals surface area contributed by atoms with Gasteiger partial charge in [-0.25, -0.2) is 13.4 Å². The summed E-state index contributed by atoms with van der Waals surface area (Å²) in [5, 5.41) is 10.7. The zero-order chi connectivity index (χ0) is 31.0. The molecule has 3 aromatic heterocycles. The molecule has 5 aromatic rings. The second kappa shape index (κ2) is 11.5. The highest BCUT2D eigenvalue weighted by atomic mass is 32.2. The van der Waals surface area contributed by atoms with Crippen molar-refractivity contribution in [2.45, 2.75) is 17.4 Å². The summed E-state index contributed by atoms with van der Waals surface area (Å²) < 4.78 is 37.1. The van der Waals surface area contributed by atoms with Crippen molar-refractivity contribution in [3.8, 4) is 11.9 Å². The monoisotopic (exact) mass is 617 g/mol. The Kier molecular flexibility index (Phi) is 7.31. The van der Waals surface area contributed by atoms with Crippen molar-refractivity contribution >= 4 is 32.3 Å². The van der Waals surface area contributed by atoms with Crippen LogP contribution in [0.15, 0.2) is 102 Å². The molecule has 10 nitrogen and oxygen atoms in total. The summed E-state index contributed by atoms with van der Waals surface area (Å²) in [5.74, 6) is 0.441. The molecular weight excluding hydrogens is 586 g/mol. The Morgan fingerprint density at radius 3 is 2.42 bits per heavy atom. The first-order valence-electron chi connectivity index (χ1n) is 14.9. The number of fused-ring (bicyclic) bond motifs is 2. The maximum Gasteiger partial charge on any atom is 0.266 e. The third-order valence-electron chi connectivity index (χ3n) is 8.72. The van der Waals surface area contributed by atoms with Crippen LogP contribution < -0.4 is 13.9 Å². The molecule has 0 amide bonds. The SMILES string of the molecule is CCOc1ncccc1C1(N2CCN(c3ccncc3)CC2)CN(S(=O)(=O)c2cccc3cccnc23)c2ccc(C#N)cc21. The first kappa shape index (κ1) is 28.7. The van der Waals surface area contributed by atoms with Crippen molar-refractivity contribution in [3.05, 3.63) is 114 Å². The van der Waals surface area contributed by atoms with Gasteiger partial charge in [0.1, 0.15) is 4.90 Å². The topological polar surface area (TPSA) is 116 Å². The molecule has 2 aromatic carbocycles. The average molecular weight is 618 g/mol. The highest BCUT2D eigenvalue weighted by Crippen LogP contribution is 2.52. The Morgan fingerprint density at radius 2 is 1.64 bits per heavy atom. The van der Waals surface area contributed by atoms with Crippen LogP contribution in [0.25, 0.3) is 10.9 Å². The summed E-state index contributed by atoms with van der Waals surface area (Å²) in [6, 6.07) is 24.2. The second-order valence-corrected chi connectivity index (χ2v) is 12.8. The van der Waals surface area contributed by atoms with Crippen LogP contribution in [0.5, 0.6) is 5.88 Å². The summed E-state index contributed by atoms with van der Waals surface area (Å²) in [6.45, 7) is 5.05. The van der Waals surface area contributed by atoms with Crippen molar-refractivity contribution < 1.29 is 13.2 Å². The predicted octanol–water partition coefficient (Wildman–Crippen LogP) is 4.57. The van der Waals surface area contributed by atoms with Gasteiger partial charge < -0.3 is 9.64 Å². The number of nitriles is 1. The third kappa shape index (κ3) is 4.74. The van der Waals surface area contributed by atoms with Gasteiger partial charge in [-0.15, -0.1) is 0 Å². The van der Waals surface area contributed by atoms with Crippen molar-refractivity contribution in [1.82, 2.24) is 19.9 Å². The zero-order valence-electron chi connectivity index (χ0n) is 24.7. The van der Waals surface area contributed by atoms with Gasteiger partial charge in [0.15, 0.2) is 0 Å². The maximum absolute atomic E-state index is 14.8. The van der Waals surface area contributed by atoms with Crippen LogP contribution >= 0.6 is 0 Å². The molecule has 1 saturated heterocycles. The van der Waals surface area contributed by atoms with E-state index in [9.17, 15) is 13.7 Å². The molecule has 0 saturated carbocycles. The molecule has 0 spiro atoms. The number of aromatic nitrogens is 3. The molecule has 2 aliphatic heterocycles. The van der Waals surface area contributed by atoms with E-state index in [1.165, 1.54) is 4.31 Å². The van der Waals surface area contributed by atoms with E-state index in [1.54, 1.807) is 55.1 Å². The van der Waals surface area contributed by atoms with E-state index in [0.717, 1.165) is 22.2 Å². The molecule has 0 N–H and O–H groups in total. The minimum absolute atomic E-state index is 0.0732. The number of nitrogens with zero attached hydrogens (tertiary/aromatic N) is 7. The summed E-state index contributed by atoms with van der Waals surface area (Å²) in [6.07, 6.45) is 6.86. The zero-order valence-corrected chi connectivity index (χ0v) is 25.6. The lowest BCUT2D eigenvalue weighted by molar-refractivity contribution is 0.123. The van der Waals surface area contributed by atoms with E-state index in [1.807, 2.05) is 49.4 Å². The molecule has 7 rings (SSSR count). The lowest BCUT2D eigenvalue weighted by Crippen LogP contribution is -2.58. The lowest BCUT2D eigenvalue weighted by atomic mass is 9.82. The highest BCUT2D eigenvalue weighted by Gasteiger charge is 2.54. The molecule has 0 aliphatic carbocycles. The van der Waals surface area contributed by atoms with Crippen LogP contribution in [0.1, 0.15) is 23.6 Å². The molecule has 0 bridgehead atoms. The standard InChI is InChI=1S/C34H31N7O3S/c1-2-44-33-28(8-5-15-38-33)34(40-20-18-39(19-21-40)27-12-16-36-17-13-27)24-41(30-11-10-25(23-35)22-29(30)34)45(42,43)31-9-3-6-26-7-4-14-37-32(26)31/h3-17,22H,2,18-21,24H2,1H3. The van der Waals surface area contributed by atoms with E-state index < -0.39 is 15.6 Å². The van der Waals surface area contributed by atoms with Gasteiger partial charge in [0.2, 0.25) is 5.88 Å². The van der Waals surface area contributed by atoms with Crippen LogP contribution in [-0.4, -0.2) is 67.6 Å². The van der Waals surface area contributed by atoms with Crippen LogP contribution in [0.4, 0.5) is 11.4 Å². The first-order chi connectivity index (χ1) is 22.0. The van der Waals surface area contributed by atoms with E-state index in [4.69, 9.17) is 4.74 Å². The molecule has 1 unspecified atom stereocenters. The van der Waals surface area contributed by atoms with Gasteiger partial charge in [-0.1, -0.05) is 18.2 Å². The predicted molar refractivity (Wildman–Crippen MR) is 172 cm³/mol. The largest absolute Gasteiger partial charge is 0.478 e. The molecule has 45 heavy (non-hydrogen) atoms. The van der Waals surface area contributed by atoms with E-state index in [2.05, 4.69) is 30.8 Å². The molecule has 1 fully saturated rings. The fraction of sp³-hybridized carbons (Fsp3) is 0.235. The summed E-state index contributed by atoms with van der Waals surface area (Å²) >= 11 is 0. The second-order valence-electron chi connectivity index (χ2n) is 11.0. The number of rotatable bonds is 7. The van der Waals surface area contributed by atoms with Crippen molar-refractivity contribution in [1.29, 1.82) is 5.26 Å². The lowest BCUT2D eigenvalue weighted by Gasteiger charge is -2.47. The highest BCUT2D eigenvalue weighted by molar-refractivity contribution is 7.93. The fourth-order valence-corrected chi connectivity index (χ4v) is 8.36. The molecule has 2 aliphatic rings. The van der Waals surface area contributed by atoms with Crippen molar-refractivity contribution in [2.24, 2.45) is 0 Å². The minimum atomic E-state index is -4.11. The number of hydrogen-bond donors (Lipinski definition) is 0. The van der Waals surface area contributed by atoms with Gasteiger partial charge >= 0.3 is 0 Å². The number of ether oxygens (including phenoxy) is 1. The fourth-order valence-electron chi connectivity index (χ4n) is 6.68. The van der Waals surface area contributed by atoms with Crippen LogP contribution in [-0.2, 0) is 15.6 Å². The van der Waals surface area contributed by atoms with E-state index in [-0.39, 0.29) is 11.4 Å². The number of para-hydroxylation sites is 1. The van der Waals surface area contributed by atoms with Gasteiger partial charge in [0, 0.05) is 73.2 Å². The smallest absolute Gasteiger partial charge is 0.266 e. The number of sulfonamides is 1. The molecule has 226 valence electrons. The van der Waals surface area contributed by atoms with Crippen LogP contribution in [0.3, 0.4) is 0 Å². The van der Waals surface area contributed by atoms with Crippen molar-refractivity contribution in [2.75, 3.05) is 48.5 Å². The number of anilines is 2. The van der Waals surface area contributed by atoms with Gasteiger partial charge in [-0.3, -0.25) is 19.2 Å².